The maximum absolute atomic E-state index is 13.4. The third-order valence-electron chi connectivity index (χ3n) is 7.91. The average molecular weight is 569 g/mol. The smallest absolute Gasteiger partial charge is 0.301 e. The number of piperazine rings is 2. The predicted octanol–water partition coefficient (Wildman–Crippen LogP) is 3.03. The highest BCUT2D eigenvalue weighted by atomic mass is 32.2. The van der Waals surface area contributed by atoms with Gasteiger partial charge in [-0.1, -0.05) is 6.92 Å². The molecule has 11 nitrogen and oxygen atoms in total. The summed E-state index contributed by atoms with van der Waals surface area (Å²) in [5, 5.41) is 4.39. The standard InChI is InChI=1S/C28H40N8O3S/c1-5-28(2,3)31-24-7-6-10-29-26(24)34-13-15-35(16-14-34)27(37)25-20-21-19-22(8-9-23(21)30-25)32-40(38,39)36-17-11-33(4)12-18-36/h6-10,19-20,30-32H,5,11-18H2,1-4H3. The molecule has 1 amide bonds. The van der Waals surface area contributed by atoms with Crippen molar-refractivity contribution in [3.63, 3.8) is 0 Å². The third kappa shape index (κ3) is 6.18. The van der Waals surface area contributed by atoms with E-state index in [1.807, 2.05) is 18.0 Å². The van der Waals surface area contributed by atoms with Gasteiger partial charge in [0, 0.05) is 75.0 Å². The van der Waals surface area contributed by atoms with Crippen molar-refractivity contribution in [3.8, 4) is 0 Å². The van der Waals surface area contributed by atoms with Crippen molar-refractivity contribution in [2.75, 3.05) is 74.3 Å². The summed E-state index contributed by atoms with van der Waals surface area (Å²) in [6.45, 7) is 11.4. The Balaban J connectivity index is 1.23. The van der Waals surface area contributed by atoms with Crippen LogP contribution < -0.4 is 14.9 Å². The van der Waals surface area contributed by atoms with E-state index >= 15 is 0 Å². The van der Waals surface area contributed by atoms with Crippen LogP contribution in [0, 0.1) is 0 Å². The molecule has 0 bridgehead atoms. The molecule has 2 aromatic heterocycles. The Morgan fingerprint density at radius 2 is 1.75 bits per heavy atom. The lowest BCUT2D eigenvalue weighted by molar-refractivity contribution is 0.0741. The van der Waals surface area contributed by atoms with Gasteiger partial charge in [-0.15, -0.1) is 0 Å². The molecule has 2 aliphatic heterocycles. The van der Waals surface area contributed by atoms with Crippen LogP contribution in [0.3, 0.4) is 0 Å². The Labute approximate surface area is 236 Å². The summed E-state index contributed by atoms with van der Waals surface area (Å²) < 4.78 is 29.9. The fourth-order valence-corrected chi connectivity index (χ4v) is 6.24. The van der Waals surface area contributed by atoms with Gasteiger partial charge in [-0.25, -0.2) is 4.98 Å². The molecule has 0 atom stereocenters. The van der Waals surface area contributed by atoms with E-state index in [-0.39, 0.29) is 11.4 Å². The number of H-pyrrole nitrogens is 1. The van der Waals surface area contributed by atoms with Crippen molar-refractivity contribution in [2.45, 2.75) is 32.7 Å². The zero-order valence-corrected chi connectivity index (χ0v) is 24.6. The van der Waals surface area contributed by atoms with Crippen molar-refractivity contribution in [1.82, 2.24) is 24.1 Å². The topological polar surface area (TPSA) is 117 Å². The maximum Gasteiger partial charge on any atom is 0.301 e. The number of hydrogen-bond acceptors (Lipinski definition) is 7. The molecule has 0 saturated carbocycles. The largest absolute Gasteiger partial charge is 0.377 e. The molecule has 2 saturated heterocycles. The first-order valence-electron chi connectivity index (χ1n) is 13.9. The monoisotopic (exact) mass is 568 g/mol. The molecule has 0 unspecified atom stereocenters. The van der Waals surface area contributed by atoms with Crippen LogP contribution in [-0.4, -0.2) is 103 Å². The van der Waals surface area contributed by atoms with Crippen LogP contribution in [-0.2, 0) is 10.2 Å². The zero-order chi connectivity index (χ0) is 28.5. The number of nitrogens with one attached hydrogen (secondary N) is 3. The van der Waals surface area contributed by atoms with E-state index in [4.69, 9.17) is 0 Å². The van der Waals surface area contributed by atoms with Gasteiger partial charge in [-0.3, -0.25) is 9.52 Å². The summed E-state index contributed by atoms with van der Waals surface area (Å²) in [4.78, 5) is 27.4. The first-order chi connectivity index (χ1) is 19.0. The highest BCUT2D eigenvalue weighted by Gasteiger charge is 2.28. The number of carbonyl (C=O) groups excluding carboxylic acids is 1. The van der Waals surface area contributed by atoms with Crippen LogP contribution in [0.1, 0.15) is 37.7 Å². The van der Waals surface area contributed by atoms with Crippen LogP contribution in [0.4, 0.5) is 17.2 Å². The number of likely N-dealkylation sites (N-methyl/N-ethyl adjacent to an activating group) is 1. The third-order valence-corrected chi connectivity index (χ3v) is 9.45. The van der Waals surface area contributed by atoms with Crippen LogP contribution in [0.5, 0.6) is 0 Å². The number of amides is 1. The van der Waals surface area contributed by atoms with Gasteiger partial charge in [0.15, 0.2) is 5.82 Å². The van der Waals surface area contributed by atoms with Crippen LogP contribution in [0.15, 0.2) is 42.6 Å². The molecule has 40 heavy (non-hydrogen) atoms. The van der Waals surface area contributed by atoms with E-state index in [1.54, 1.807) is 30.5 Å². The Morgan fingerprint density at radius 1 is 1.02 bits per heavy atom. The highest BCUT2D eigenvalue weighted by Crippen LogP contribution is 2.28. The molecule has 0 radical (unpaired) electrons. The second kappa shape index (κ2) is 11.3. The molecular formula is C28H40N8O3S. The molecule has 12 heteroatoms. The van der Waals surface area contributed by atoms with Gasteiger partial charge in [0.1, 0.15) is 5.69 Å². The number of carbonyl (C=O) groups is 1. The number of rotatable bonds is 8. The van der Waals surface area contributed by atoms with Crippen molar-refractivity contribution in [1.29, 1.82) is 0 Å². The molecular weight excluding hydrogens is 528 g/mol. The van der Waals surface area contributed by atoms with E-state index < -0.39 is 10.2 Å². The van der Waals surface area contributed by atoms with Gasteiger partial charge in [-0.2, -0.15) is 12.7 Å². The van der Waals surface area contributed by atoms with Gasteiger partial charge in [0.2, 0.25) is 0 Å². The summed E-state index contributed by atoms with van der Waals surface area (Å²) in [6.07, 6.45) is 2.79. The number of nitrogens with zero attached hydrogens (tertiary/aromatic N) is 5. The van der Waals surface area contributed by atoms with Crippen molar-refractivity contribution in [3.05, 3.63) is 48.3 Å². The summed E-state index contributed by atoms with van der Waals surface area (Å²) in [5.41, 5.74) is 2.71. The van der Waals surface area contributed by atoms with E-state index in [0.717, 1.165) is 28.8 Å². The van der Waals surface area contributed by atoms with Crippen LogP contribution in [0.2, 0.25) is 0 Å². The Bertz CT molecular complexity index is 1460. The van der Waals surface area contributed by atoms with Gasteiger partial charge >= 0.3 is 10.2 Å². The average Bonchev–Trinajstić information content (AvgIpc) is 3.36. The minimum atomic E-state index is -3.64. The summed E-state index contributed by atoms with van der Waals surface area (Å²) in [7, 11) is -1.66. The van der Waals surface area contributed by atoms with Gasteiger partial charge in [-0.05, 0) is 63.7 Å². The molecule has 0 aliphatic carbocycles. The van der Waals surface area contributed by atoms with Crippen LogP contribution >= 0.6 is 0 Å². The molecule has 3 aromatic rings. The van der Waals surface area contributed by atoms with Crippen molar-refractivity contribution >= 4 is 44.2 Å². The molecule has 2 fully saturated rings. The van der Waals surface area contributed by atoms with E-state index in [9.17, 15) is 13.2 Å². The zero-order valence-electron chi connectivity index (χ0n) is 23.8. The van der Waals surface area contributed by atoms with Gasteiger partial charge in [0.05, 0.1) is 11.4 Å². The second-order valence-corrected chi connectivity index (χ2v) is 13.0. The van der Waals surface area contributed by atoms with Gasteiger partial charge in [0.25, 0.3) is 5.91 Å². The van der Waals surface area contributed by atoms with Gasteiger partial charge < -0.3 is 25.0 Å². The van der Waals surface area contributed by atoms with Crippen LogP contribution in [0.25, 0.3) is 10.9 Å². The van der Waals surface area contributed by atoms with E-state index in [2.05, 4.69) is 56.6 Å². The Morgan fingerprint density at radius 3 is 2.45 bits per heavy atom. The predicted molar refractivity (Wildman–Crippen MR) is 160 cm³/mol. The molecule has 4 heterocycles. The van der Waals surface area contributed by atoms with Crippen molar-refractivity contribution < 1.29 is 13.2 Å². The minimum Gasteiger partial charge on any atom is -0.377 e. The fraction of sp³-hybridized carbons (Fsp3) is 0.500. The Hall–Kier alpha value is -3.35. The van der Waals surface area contributed by atoms with E-state index in [1.165, 1.54) is 4.31 Å². The lowest BCUT2D eigenvalue weighted by Gasteiger charge is -2.37. The molecule has 3 N–H and O–H groups in total. The normalized spacial score (nSPS) is 17.8. The molecule has 216 valence electrons. The SMILES string of the molecule is CCC(C)(C)Nc1cccnc1N1CCN(C(=O)c2cc3cc(NS(=O)(=O)N4CCN(C)CC4)ccc3[nH]2)CC1. The number of anilines is 3. The fourth-order valence-electron chi connectivity index (χ4n) is 5.04. The second-order valence-electron chi connectivity index (χ2n) is 11.3. The summed E-state index contributed by atoms with van der Waals surface area (Å²) >= 11 is 0. The lowest BCUT2D eigenvalue weighted by Crippen LogP contribution is -2.49. The molecule has 0 spiro atoms. The molecule has 5 rings (SSSR count). The quantitative estimate of drug-likeness (QED) is 0.383. The first-order valence-corrected chi connectivity index (χ1v) is 15.4. The summed E-state index contributed by atoms with van der Waals surface area (Å²) in [6, 6.07) is 11.1. The number of benzene rings is 1. The number of pyridine rings is 1. The number of fused-ring (bicyclic) bond motifs is 1. The number of aromatic nitrogens is 2. The first kappa shape index (κ1) is 28.2. The summed E-state index contributed by atoms with van der Waals surface area (Å²) in [5.74, 6) is 0.843. The minimum absolute atomic E-state index is 0.0463. The maximum atomic E-state index is 13.4. The highest BCUT2D eigenvalue weighted by molar-refractivity contribution is 7.90. The Kier molecular flexibility index (Phi) is 7.94. The molecule has 2 aliphatic rings. The number of aromatic amines is 1. The lowest BCUT2D eigenvalue weighted by atomic mass is 10.0. The van der Waals surface area contributed by atoms with E-state index in [0.29, 0.717) is 63.7 Å². The number of hydrogen-bond donors (Lipinski definition) is 3. The van der Waals surface area contributed by atoms with Crippen molar-refractivity contribution in [2.24, 2.45) is 0 Å². The molecule has 1 aromatic carbocycles.